The van der Waals surface area contributed by atoms with Gasteiger partial charge < -0.3 is 10.4 Å². The second-order valence-corrected chi connectivity index (χ2v) is 6.32. The first-order chi connectivity index (χ1) is 8.87. The molecule has 1 aromatic rings. The lowest BCUT2D eigenvalue weighted by molar-refractivity contribution is 0.0697. The number of hydrogen-bond acceptors (Lipinski definition) is 3. The van der Waals surface area contributed by atoms with Gasteiger partial charge in [0.2, 0.25) is 0 Å². The maximum Gasteiger partial charge on any atom is 0.339 e. The van der Waals surface area contributed by atoms with Gasteiger partial charge in [-0.15, -0.1) is 0 Å². The van der Waals surface area contributed by atoms with Crippen LogP contribution in [0, 0.1) is 5.41 Å². The van der Waals surface area contributed by atoms with Gasteiger partial charge in [0.25, 0.3) is 0 Å². The summed E-state index contributed by atoms with van der Waals surface area (Å²) in [5, 5.41) is 12.7. The molecule has 2 rings (SSSR count). The van der Waals surface area contributed by atoms with Crippen LogP contribution in [-0.4, -0.2) is 22.1 Å². The van der Waals surface area contributed by atoms with E-state index in [4.69, 9.17) is 16.7 Å². The molecule has 1 heterocycles. The zero-order valence-electron chi connectivity index (χ0n) is 11.2. The summed E-state index contributed by atoms with van der Waals surface area (Å²) in [5.74, 6) is -0.607. The number of carboxylic acid groups (broad SMARTS) is 1. The van der Waals surface area contributed by atoms with E-state index in [9.17, 15) is 4.79 Å². The highest BCUT2D eigenvalue weighted by atomic mass is 35.5. The van der Waals surface area contributed by atoms with Crippen LogP contribution in [0.1, 0.15) is 49.9 Å². The van der Waals surface area contributed by atoms with Crippen molar-refractivity contribution in [2.24, 2.45) is 5.41 Å². The Morgan fingerprint density at radius 2 is 2.26 bits per heavy atom. The van der Waals surface area contributed by atoms with Gasteiger partial charge in [-0.1, -0.05) is 31.9 Å². The minimum atomic E-state index is -0.985. The fourth-order valence-corrected chi connectivity index (χ4v) is 2.88. The number of anilines is 1. The quantitative estimate of drug-likeness (QED) is 0.828. The van der Waals surface area contributed by atoms with Crippen LogP contribution < -0.4 is 5.32 Å². The summed E-state index contributed by atoms with van der Waals surface area (Å²) in [6.45, 7) is 4.48. The molecule has 19 heavy (non-hydrogen) atoms. The predicted octanol–water partition coefficient (Wildman–Crippen LogP) is 3.81. The van der Waals surface area contributed by atoms with Gasteiger partial charge in [0.15, 0.2) is 0 Å². The molecule has 0 aromatic carbocycles. The number of rotatable bonds is 3. The summed E-state index contributed by atoms with van der Waals surface area (Å²) in [6, 6.07) is 3.25. The average molecular weight is 283 g/mol. The molecule has 2 N–H and O–H groups in total. The summed E-state index contributed by atoms with van der Waals surface area (Å²) >= 11 is 5.85. The fourth-order valence-electron chi connectivity index (χ4n) is 2.73. The van der Waals surface area contributed by atoms with Gasteiger partial charge in [0.05, 0.1) is 0 Å². The first kappa shape index (κ1) is 14.1. The van der Waals surface area contributed by atoms with Crippen LogP contribution in [-0.2, 0) is 0 Å². The van der Waals surface area contributed by atoms with Gasteiger partial charge in [0, 0.05) is 6.04 Å². The standard InChI is InChI=1S/C14H19ClN2O2/c1-14(2)7-3-4-9(8-14)16-12-10(13(18)19)5-6-11(15)17-12/h5-6,9H,3-4,7-8H2,1-2H3,(H,16,17)(H,18,19). The molecular weight excluding hydrogens is 264 g/mol. The molecule has 4 nitrogen and oxygen atoms in total. The van der Waals surface area contributed by atoms with Crippen LogP contribution in [0.2, 0.25) is 5.15 Å². The molecule has 1 unspecified atom stereocenters. The lowest BCUT2D eigenvalue weighted by atomic mass is 9.75. The summed E-state index contributed by atoms with van der Waals surface area (Å²) < 4.78 is 0. The Kier molecular flexibility index (Phi) is 3.99. The molecule has 104 valence electrons. The minimum Gasteiger partial charge on any atom is -0.478 e. The molecule has 0 bridgehead atoms. The molecule has 1 aliphatic rings. The number of hydrogen-bond donors (Lipinski definition) is 2. The molecule has 0 amide bonds. The molecule has 1 aliphatic carbocycles. The first-order valence-electron chi connectivity index (χ1n) is 6.54. The van der Waals surface area contributed by atoms with Crippen LogP contribution in [0.5, 0.6) is 0 Å². The Morgan fingerprint density at radius 1 is 1.53 bits per heavy atom. The third kappa shape index (κ3) is 3.60. The van der Waals surface area contributed by atoms with E-state index in [1.54, 1.807) is 0 Å². The summed E-state index contributed by atoms with van der Waals surface area (Å²) in [6.07, 6.45) is 4.41. The van der Waals surface area contributed by atoms with Crippen molar-refractivity contribution >= 4 is 23.4 Å². The monoisotopic (exact) mass is 282 g/mol. The third-order valence-electron chi connectivity index (χ3n) is 3.64. The second kappa shape index (κ2) is 5.37. The number of aromatic carboxylic acids is 1. The van der Waals surface area contributed by atoms with E-state index in [1.807, 2.05) is 0 Å². The molecule has 0 saturated heterocycles. The lowest BCUT2D eigenvalue weighted by Crippen LogP contribution is -2.32. The van der Waals surface area contributed by atoms with E-state index in [-0.39, 0.29) is 17.0 Å². The Morgan fingerprint density at radius 3 is 2.89 bits per heavy atom. The fraction of sp³-hybridized carbons (Fsp3) is 0.571. The minimum absolute atomic E-state index is 0.174. The normalized spacial score (nSPS) is 21.9. The summed E-state index contributed by atoms with van der Waals surface area (Å²) in [7, 11) is 0. The number of halogens is 1. The smallest absolute Gasteiger partial charge is 0.339 e. The number of nitrogens with one attached hydrogen (secondary N) is 1. The summed E-state index contributed by atoms with van der Waals surface area (Å²) in [4.78, 5) is 15.3. The molecule has 0 radical (unpaired) electrons. The van der Waals surface area contributed by atoms with Crippen LogP contribution in [0.25, 0.3) is 0 Å². The maximum atomic E-state index is 11.2. The lowest BCUT2D eigenvalue weighted by Gasteiger charge is -2.36. The van der Waals surface area contributed by atoms with Crippen LogP contribution >= 0.6 is 11.6 Å². The number of aromatic nitrogens is 1. The highest BCUT2D eigenvalue weighted by Gasteiger charge is 2.28. The van der Waals surface area contributed by atoms with Gasteiger partial charge in [-0.2, -0.15) is 0 Å². The molecule has 1 atom stereocenters. The molecule has 5 heteroatoms. The number of carbonyl (C=O) groups is 1. The Balaban J connectivity index is 2.18. The average Bonchev–Trinajstić information content (AvgIpc) is 2.27. The maximum absolute atomic E-state index is 11.2. The Bertz CT molecular complexity index is 488. The van der Waals surface area contributed by atoms with E-state index in [2.05, 4.69) is 24.1 Å². The van der Waals surface area contributed by atoms with Crippen molar-refractivity contribution in [2.75, 3.05) is 5.32 Å². The van der Waals surface area contributed by atoms with Crippen molar-refractivity contribution in [3.63, 3.8) is 0 Å². The van der Waals surface area contributed by atoms with Crippen molar-refractivity contribution in [3.05, 3.63) is 22.8 Å². The van der Waals surface area contributed by atoms with E-state index >= 15 is 0 Å². The van der Waals surface area contributed by atoms with Crippen LogP contribution in [0.3, 0.4) is 0 Å². The third-order valence-corrected chi connectivity index (χ3v) is 3.85. The van der Waals surface area contributed by atoms with E-state index in [0.29, 0.717) is 11.0 Å². The van der Waals surface area contributed by atoms with Crippen molar-refractivity contribution in [1.82, 2.24) is 4.98 Å². The van der Waals surface area contributed by atoms with Gasteiger partial charge >= 0.3 is 5.97 Å². The van der Waals surface area contributed by atoms with Crippen LogP contribution in [0.15, 0.2) is 12.1 Å². The molecule has 0 spiro atoms. The number of pyridine rings is 1. The zero-order chi connectivity index (χ0) is 14.0. The largest absolute Gasteiger partial charge is 0.478 e. The summed E-state index contributed by atoms with van der Waals surface area (Å²) in [5.41, 5.74) is 0.463. The van der Waals surface area contributed by atoms with E-state index in [1.165, 1.54) is 18.6 Å². The predicted molar refractivity (Wildman–Crippen MR) is 75.9 cm³/mol. The molecule has 1 aromatic heterocycles. The van der Waals surface area contributed by atoms with Gasteiger partial charge in [0.1, 0.15) is 16.5 Å². The topological polar surface area (TPSA) is 62.2 Å². The number of carboxylic acids is 1. The molecule has 1 saturated carbocycles. The second-order valence-electron chi connectivity index (χ2n) is 5.94. The van der Waals surface area contributed by atoms with Gasteiger partial charge in [-0.05, 0) is 36.8 Å². The SMILES string of the molecule is CC1(C)CCCC(Nc2nc(Cl)ccc2C(=O)O)C1. The van der Waals surface area contributed by atoms with Gasteiger partial charge in [-0.3, -0.25) is 0 Å². The van der Waals surface area contributed by atoms with Crippen molar-refractivity contribution in [1.29, 1.82) is 0 Å². The molecule has 0 aliphatic heterocycles. The van der Waals surface area contributed by atoms with Crippen molar-refractivity contribution in [2.45, 2.75) is 45.6 Å². The number of nitrogens with zero attached hydrogens (tertiary/aromatic N) is 1. The van der Waals surface area contributed by atoms with E-state index in [0.717, 1.165) is 19.3 Å². The van der Waals surface area contributed by atoms with Crippen LogP contribution in [0.4, 0.5) is 5.82 Å². The molecule has 1 fully saturated rings. The highest BCUT2D eigenvalue weighted by Crippen LogP contribution is 2.36. The van der Waals surface area contributed by atoms with Gasteiger partial charge in [-0.25, -0.2) is 9.78 Å². The van der Waals surface area contributed by atoms with Crippen molar-refractivity contribution < 1.29 is 9.90 Å². The highest BCUT2D eigenvalue weighted by molar-refractivity contribution is 6.29. The Hall–Kier alpha value is -1.29. The van der Waals surface area contributed by atoms with Crippen molar-refractivity contribution in [3.8, 4) is 0 Å². The zero-order valence-corrected chi connectivity index (χ0v) is 12.0. The Labute approximate surface area is 118 Å². The molecular formula is C14H19ClN2O2. The van der Waals surface area contributed by atoms with E-state index < -0.39 is 5.97 Å². The first-order valence-corrected chi connectivity index (χ1v) is 6.91.